The van der Waals surface area contributed by atoms with Gasteiger partial charge in [-0.05, 0) is 42.5 Å². The lowest BCUT2D eigenvalue weighted by molar-refractivity contribution is 0.515. The fourth-order valence-corrected chi connectivity index (χ4v) is 3.36. The smallest absolute Gasteiger partial charge is 0.266 e. The summed E-state index contributed by atoms with van der Waals surface area (Å²) in [5, 5.41) is 20.4. The van der Waals surface area contributed by atoms with Crippen molar-refractivity contribution in [2.75, 3.05) is 0 Å². The Bertz CT molecular complexity index is 1420. The van der Waals surface area contributed by atoms with Crippen molar-refractivity contribution in [3.63, 3.8) is 0 Å². The molecule has 0 saturated carbocycles. The second-order valence-corrected chi connectivity index (χ2v) is 6.82. The molecule has 0 amide bonds. The topological polar surface area (TPSA) is 78.9 Å². The van der Waals surface area contributed by atoms with E-state index < -0.39 is 11.4 Å². The van der Waals surface area contributed by atoms with Gasteiger partial charge in [-0.15, -0.1) is 0 Å². The van der Waals surface area contributed by atoms with Gasteiger partial charge < -0.3 is 5.11 Å². The fourth-order valence-electron chi connectivity index (χ4n) is 3.14. The Labute approximate surface area is 175 Å². The molecule has 5 nitrogen and oxygen atoms in total. The summed E-state index contributed by atoms with van der Waals surface area (Å²) >= 11 is 6.30. The predicted octanol–water partition coefficient (Wildman–Crippen LogP) is 5.11. The number of aliphatic hydroxyl groups excluding tert-OH is 1. The highest BCUT2D eigenvalue weighted by atomic mass is 35.5. The Morgan fingerprint density at radius 3 is 2.63 bits per heavy atom. The number of benzene rings is 3. The van der Waals surface area contributed by atoms with Gasteiger partial charge in [0, 0.05) is 11.6 Å². The first-order valence-corrected chi connectivity index (χ1v) is 9.25. The third kappa shape index (κ3) is 3.43. The van der Waals surface area contributed by atoms with E-state index in [1.54, 1.807) is 48.5 Å². The van der Waals surface area contributed by atoms with Crippen LogP contribution < -0.4 is 5.56 Å². The van der Waals surface area contributed by atoms with Crippen LogP contribution in [0.4, 0.5) is 4.39 Å². The molecular weight excluding hydrogens is 405 g/mol. The summed E-state index contributed by atoms with van der Waals surface area (Å²) in [4.78, 5) is 17.7. The Hall–Kier alpha value is -3.95. The van der Waals surface area contributed by atoms with Gasteiger partial charge in [0.2, 0.25) is 0 Å². The minimum Gasteiger partial charge on any atom is -0.507 e. The van der Waals surface area contributed by atoms with Crippen molar-refractivity contribution in [2.45, 2.75) is 0 Å². The Morgan fingerprint density at radius 1 is 1.13 bits per heavy atom. The lowest BCUT2D eigenvalue weighted by Crippen LogP contribution is -2.23. The van der Waals surface area contributed by atoms with Crippen LogP contribution in [0, 0.1) is 17.1 Å². The molecule has 7 heteroatoms. The largest absolute Gasteiger partial charge is 0.507 e. The molecule has 1 heterocycles. The molecule has 30 heavy (non-hydrogen) atoms. The van der Waals surface area contributed by atoms with Crippen LogP contribution in [-0.2, 0) is 0 Å². The maximum atomic E-state index is 13.8. The van der Waals surface area contributed by atoms with E-state index >= 15 is 0 Å². The first-order chi connectivity index (χ1) is 14.5. The number of fused-ring (bicyclic) bond motifs is 1. The van der Waals surface area contributed by atoms with Gasteiger partial charge in [-0.2, -0.15) is 5.26 Å². The van der Waals surface area contributed by atoms with Crippen LogP contribution in [-0.4, -0.2) is 14.7 Å². The normalized spacial score (nSPS) is 11.4. The molecule has 0 atom stereocenters. The molecular formula is C23H13ClFN3O2. The number of hydrogen-bond acceptors (Lipinski definition) is 4. The summed E-state index contributed by atoms with van der Waals surface area (Å²) in [5.41, 5.74) is 0.605. The van der Waals surface area contributed by atoms with Gasteiger partial charge in [0.15, 0.2) is 0 Å². The van der Waals surface area contributed by atoms with Gasteiger partial charge in [0.05, 0.1) is 33.2 Å². The maximum absolute atomic E-state index is 13.8. The van der Waals surface area contributed by atoms with Gasteiger partial charge in [-0.1, -0.05) is 35.9 Å². The number of nitrogens with zero attached hydrogens (tertiary/aromatic N) is 3. The lowest BCUT2D eigenvalue weighted by Gasteiger charge is -2.13. The van der Waals surface area contributed by atoms with Crippen LogP contribution in [0.2, 0.25) is 5.02 Å². The van der Waals surface area contributed by atoms with Crippen molar-refractivity contribution in [3.8, 4) is 11.8 Å². The number of halogens is 2. The number of rotatable bonds is 3. The molecule has 146 valence electrons. The van der Waals surface area contributed by atoms with Crippen LogP contribution in [0.25, 0.3) is 28.4 Å². The second-order valence-electron chi connectivity index (χ2n) is 6.41. The van der Waals surface area contributed by atoms with Crippen LogP contribution in [0.1, 0.15) is 17.0 Å². The number of hydrogen-bond donors (Lipinski definition) is 1. The molecule has 0 radical (unpaired) electrons. The average molecular weight is 418 g/mol. The van der Waals surface area contributed by atoms with Crippen LogP contribution in [0.3, 0.4) is 0 Å². The molecule has 4 aromatic rings. The van der Waals surface area contributed by atoms with E-state index in [9.17, 15) is 19.6 Å². The van der Waals surface area contributed by atoms with E-state index in [4.69, 9.17) is 11.6 Å². The molecule has 0 aliphatic carbocycles. The van der Waals surface area contributed by atoms with Crippen molar-refractivity contribution >= 4 is 34.3 Å². The third-order valence-electron chi connectivity index (χ3n) is 4.54. The molecule has 0 spiro atoms. The predicted molar refractivity (Wildman–Crippen MR) is 114 cm³/mol. The molecule has 0 bridgehead atoms. The monoisotopic (exact) mass is 417 g/mol. The summed E-state index contributed by atoms with van der Waals surface area (Å²) in [7, 11) is 0. The van der Waals surface area contributed by atoms with E-state index in [0.29, 0.717) is 11.3 Å². The van der Waals surface area contributed by atoms with Crippen molar-refractivity contribution in [1.29, 1.82) is 5.26 Å². The number of nitriles is 1. The average Bonchev–Trinajstić information content (AvgIpc) is 2.75. The van der Waals surface area contributed by atoms with Crippen LogP contribution >= 0.6 is 11.6 Å². The Kier molecular flexibility index (Phi) is 5.05. The zero-order chi connectivity index (χ0) is 21.3. The minimum absolute atomic E-state index is 0.0731. The molecule has 1 aromatic heterocycles. The van der Waals surface area contributed by atoms with Gasteiger partial charge in [-0.3, -0.25) is 9.36 Å². The van der Waals surface area contributed by atoms with Gasteiger partial charge >= 0.3 is 0 Å². The van der Waals surface area contributed by atoms with E-state index in [0.717, 1.165) is 6.07 Å². The number of para-hydroxylation sites is 1. The highest BCUT2D eigenvalue weighted by Crippen LogP contribution is 2.24. The third-order valence-corrected chi connectivity index (χ3v) is 4.86. The van der Waals surface area contributed by atoms with E-state index in [-0.39, 0.29) is 33.1 Å². The summed E-state index contributed by atoms with van der Waals surface area (Å²) in [5.74, 6) is -0.736. The lowest BCUT2D eigenvalue weighted by atomic mass is 10.1. The molecule has 3 aromatic carbocycles. The van der Waals surface area contributed by atoms with Crippen LogP contribution in [0.15, 0.2) is 71.5 Å². The molecule has 0 aliphatic rings. The van der Waals surface area contributed by atoms with Crippen molar-refractivity contribution in [3.05, 3.63) is 105 Å². The van der Waals surface area contributed by atoms with E-state index in [2.05, 4.69) is 4.98 Å². The Morgan fingerprint density at radius 2 is 1.87 bits per heavy atom. The quantitative estimate of drug-likeness (QED) is 0.470. The number of aromatic nitrogens is 2. The SMILES string of the molecule is N#Cc1ccccc1C(O)=Cc1nc2ccc(F)cc2c(=O)n1-c1ccccc1Cl. The zero-order valence-corrected chi connectivity index (χ0v) is 16.1. The standard InChI is InChI=1S/C23H13ClFN3O2/c24-18-7-3-4-8-20(18)28-22(12-21(29)16-6-2-1-5-14(16)13-26)27-19-10-9-15(25)11-17(19)23(28)30/h1-12,29H. The van der Waals surface area contributed by atoms with E-state index in [1.807, 2.05) is 6.07 Å². The van der Waals surface area contributed by atoms with Crippen LogP contribution in [0.5, 0.6) is 0 Å². The summed E-state index contributed by atoms with van der Waals surface area (Å²) < 4.78 is 15.0. The summed E-state index contributed by atoms with van der Waals surface area (Å²) in [6.45, 7) is 0. The highest BCUT2D eigenvalue weighted by molar-refractivity contribution is 6.32. The zero-order valence-electron chi connectivity index (χ0n) is 15.4. The maximum Gasteiger partial charge on any atom is 0.266 e. The van der Waals surface area contributed by atoms with Gasteiger partial charge in [0.25, 0.3) is 5.56 Å². The number of aliphatic hydroxyl groups is 1. The summed E-state index contributed by atoms with van der Waals surface area (Å²) in [6, 6.07) is 18.8. The highest BCUT2D eigenvalue weighted by Gasteiger charge is 2.16. The minimum atomic E-state index is -0.568. The molecule has 1 N–H and O–H groups in total. The van der Waals surface area contributed by atoms with Crippen molar-refractivity contribution in [2.24, 2.45) is 0 Å². The summed E-state index contributed by atoms with van der Waals surface area (Å²) in [6.07, 6.45) is 1.28. The fraction of sp³-hybridized carbons (Fsp3) is 0. The molecule has 0 saturated heterocycles. The van der Waals surface area contributed by atoms with Crippen molar-refractivity contribution in [1.82, 2.24) is 9.55 Å². The molecule has 0 fully saturated rings. The van der Waals surface area contributed by atoms with Gasteiger partial charge in [-0.25, -0.2) is 9.37 Å². The second kappa shape index (κ2) is 7.82. The first-order valence-electron chi connectivity index (χ1n) is 8.87. The Balaban J connectivity index is 2.05. The molecule has 4 rings (SSSR count). The van der Waals surface area contributed by atoms with E-state index in [1.165, 1.54) is 22.8 Å². The van der Waals surface area contributed by atoms with Gasteiger partial charge in [0.1, 0.15) is 17.4 Å². The molecule has 0 unspecified atom stereocenters. The first kappa shape index (κ1) is 19.4. The van der Waals surface area contributed by atoms with Crippen molar-refractivity contribution < 1.29 is 9.50 Å². The molecule has 0 aliphatic heterocycles.